The molecule has 5 heteroatoms. The Morgan fingerprint density at radius 3 is 2.40 bits per heavy atom. The summed E-state index contributed by atoms with van der Waals surface area (Å²) in [5.74, 6) is 0.886. The summed E-state index contributed by atoms with van der Waals surface area (Å²) in [5, 5.41) is 4.68. The Hall–Kier alpha value is -0.930. The number of hydrogen-bond donors (Lipinski definition) is 1. The maximum atomic E-state index is 6.12. The number of rotatable bonds is 5. The van der Waals surface area contributed by atoms with Crippen molar-refractivity contribution >= 4 is 35.6 Å². The molecule has 0 aliphatic rings. The average molecular weight is 333 g/mol. The Kier molecular flexibility index (Phi) is 7.17. The van der Waals surface area contributed by atoms with Crippen LogP contribution in [0.25, 0.3) is 0 Å². The minimum atomic E-state index is 0. The molecular formula is C15H16Cl3NO. The maximum Gasteiger partial charge on any atom is 0.123 e. The second-order valence-corrected chi connectivity index (χ2v) is 4.99. The fraction of sp³-hybridized carbons (Fsp3) is 0.200. The molecule has 0 fully saturated rings. The lowest BCUT2D eigenvalue weighted by Crippen LogP contribution is -2.13. The highest BCUT2D eigenvalue weighted by molar-refractivity contribution is 6.35. The van der Waals surface area contributed by atoms with E-state index in [-0.39, 0.29) is 12.4 Å². The lowest BCUT2D eigenvalue weighted by molar-refractivity contribution is 0.407. The molecule has 108 valence electrons. The predicted molar refractivity (Wildman–Crippen MR) is 87.2 cm³/mol. The molecule has 0 spiro atoms. The zero-order valence-corrected chi connectivity index (χ0v) is 13.4. The summed E-state index contributed by atoms with van der Waals surface area (Å²) >= 11 is 12.0. The normalized spacial score (nSPS) is 9.95. The van der Waals surface area contributed by atoms with E-state index in [2.05, 4.69) is 5.32 Å². The minimum Gasteiger partial charge on any atom is -0.496 e. The Morgan fingerprint density at radius 2 is 1.70 bits per heavy atom. The van der Waals surface area contributed by atoms with Crippen LogP contribution in [0, 0.1) is 0 Å². The van der Waals surface area contributed by atoms with Crippen molar-refractivity contribution in [2.24, 2.45) is 0 Å². The van der Waals surface area contributed by atoms with Crippen LogP contribution in [0.5, 0.6) is 5.75 Å². The number of benzene rings is 2. The van der Waals surface area contributed by atoms with E-state index in [1.165, 1.54) is 0 Å². The van der Waals surface area contributed by atoms with Crippen LogP contribution in [0.1, 0.15) is 11.1 Å². The molecule has 0 amide bonds. The molecule has 1 N–H and O–H groups in total. The summed E-state index contributed by atoms with van der Waals surface area (Å²) in [6, 6.07) is 13.5. The number of methoxy groups -OCH3 is 1. The first-order chi connectivity index (χ1) is 9.20. The van der Waals surface area contributed by atoms with Gasteiger partial charge in [0.25, 0.3) is 0 Å². The fourth-order valence-electron chi connectivity index (χ4n) is 1.85. The lowest BCUT2D eigenvalue weighted by Gasteiger charge is -2.10. The molecule has 0 unspecified atom stereocenters. The van der Waals surface area contributed by atoms with E-state index in [9.17, 15) is 0 Å². The molecule has 0 radical (unpaired) electrons. The molecule has 0 bridgehead atoms. The van der Waals surface area contributed by atoms with E-state index in [1.807, 2.05) is 36.4 Å². The standard InChI is InChI=1S/C15H15Cl2NO.ClH/c1-19-15-5-3-2-4-12(15)10-18-9-11-6-7-13(16)8-14(11)17;/h2-8,18H,9-10H2,1H3;1H. The van der Waals surface area contributed by atoms with Crippen LogP contribution < -0.4 is 10.1 Å². The quantitative estimate of drug-likeness (QED) is 0.856. The van der Waals surface area contributed by atoms with Gasteiger partial charge in [-0.15, -0.1) is 12.4 Å². The van der Waals surface area contributed by atoms with Gasteiger partial charge in [-0.25, -0.2) is 0 Å². The summed E-state index contributed by atoms with van der Waals surface area (Å²) in [6.45, 7) is 1.41. The summed E-state index contributed by atoms with van der Waals surface area (Å²) in [7, 11) is 1.68. The molecule has 2 aromatic carbocycles. The van der Waals surface area contributed by atoms with Gasteiger partial charge in [-0.2, -0.15) is 0 Å². The van der Waals surface area contributed by atoms with E-state index in [1.54, 1.807) is 13.2 Å². The molecule has 0 saturated carbocycles. The molecule has 0 aliphatic carbocycles. The van der Waals surface area contributed by atoms with Crippen molar-refractivity contribution in [1.82, 2.24) is 5.32 Å². The molecule has 0 atom stereocenters. The van der Waals surface area contributed by atoms with Gasteiger partial charge in [0.1, 0.15) is 5.75 Å². The highest BCUT2D eigenvalue weighted by atomic mass is 35.5. The van der Waals surface area contributed by atoms with Crippen molar-refractivity contribution in [2.75, 3.05) is 7.11 Å². The van der Waals surface area contributed by atoms with Gasteiger partial charge in [0.05, 0.1) is 7.11 Å². The first-order valence-electron chi connectivity index (χ1n) is 5.97. The maximum absolute atomic E-state index is 6.12. The van der Waals surface area contributed by atoms with Crippen molar-refractivity contribution in [3.8, 4) is 5.75 Å². The Morgan fingerprint density at radius 1 is 1.00 bits per heavy atom. The fourth-order valence-corrected chi connectivity index (χ4v) is 2.32. The van der Waals surface area contributed by atoms with Crippen LogP contribution in [0.15, 0.2) is 42.5 Å². The van der Waals surface area contributed by atoms with Crippen LogP contribution in [0.3, 0.4) is 0 Å². The van der Waals surface area contributed by atoms with Crippen molar-refractivity contribution in [3.05, 3.63) is 63.6 Å². The second kappa shape index (κ2) is 8.38. The number of nitrogens with one attached hydrogen (secondary N) is 1. The van der Waals surface area contributed by atoms with E-state index in [0.717, 1.165) is 23.4 Å². The van der Waals surface area contributed by atoms with E-state index >= 15 is 0 Å². The van der Waals surface area contributed by atoms with Crippen molar-refractivity contribution in [3.63, 3.8) is 0 Å². The average Bonchev–Trinajstić information content (AvgIpc) is 2.42. The SMILES string of the molecule is COc1ccccc1CNCc1ccc(Cl)cc1Cl.Cl. The third-order valence-corrected chi connectivity index (χ3v) is 3.43. The minimum absolute atomic E-state index is 0. The van der Waals surface area contributed by atoms with Gasteiger partial charge in [-0.1, -0.05) is 47.5 Å². The molecular weight excluding hydrogens is 317 g/mol. The lowest BCUT2D eigenvalue weighted by atomic mass is 10.2. The summed E-state index contributed by atoms with van der Waals surface area (Å²) < 4.78 is 5.30. The van der Waals surface area contributed by atoms with Crippen molar-refractivity contribution in [1.29, 1.82) is 0 Å². The van der Waals surface area contributed by atoms with Gasteiger partial charge < -0.3 is 10.1 Å². The van der Waals surface area contributed by atoms with Crippen molar-refractivity contribution in [2.45, 2.75) is 13.1 Å². The van der Waals surface area contributed by atoms with E-state index in [4.69, 9.17) is 27.9 Å². The van der Waals surface area contributed by atoms with Crippen LogP contribution >= 0.6 is 35.6 Å². The highest BCUT2D eigenvalue weighted by Gasteiger charge is 2.03. The molecule has 0 aromatic heterocycles. The third-order valence-electron chi connectivity index (χ3n) is 2.84. The largest absolute Gasteiger partial charge is 0.496 e. The molecule has 0 saturated heterocycles. The summed E-state index contributed by atoms with van der Waals surface area (Å²) in [6.07, 6.45) is 0. The van der Waals surface area contributed by atoms with Crippen LogP contribution in [0.2, 0.25) is 10.0 Å². The van der Waals surface area contributed by atoms with Gasteiger partial charge in [0.2, 0.25) is 0 Å². The number of para-hydroxylation sites is 1. The highest BCUT2D eigenvalue weighted by Crippen LogP contribution is 2.21. The summed E-state index contributed by atoms with van der Waals surface area (Å²) in [4.78, 5) is 0. The Balaban J connectivity index is 0.00000200. The van der Waals surface area contributed by atoms with Gasteiger partial charge in [0.15, 0.2) is 0 Å². The molecule has 20 heavy (non-hydrogen) atoms. The Labute approximate surface area is 135 Å². The monoisotopic (exact) mass is 331 g/mol. The number of halogens is 3. The molecule has 2 rings (SSSR count). The van der Waals surface area contributed by atoms with Gasteiger partial charge >= 0.3 is 0 Å². The molecule has 0 aliphatic heterocycles. The smallest absolute Gasteiger partial charge is 0.123 e. The van der Waals surface area contributed by atoms with Crippen LogP contribution in [0.4, 0.5) is 0 Å². The first kappa shape index (κ1) is 17.1. The van der Waals surface area contributed by atoms with Gasteiger partial charge in [-0.3, -0.25) is 0 Å². The van der Waals surface area contributed by atoms with Crippen molar-refractivity contribution < 1.29 is 4.74 Å². The zero-order valence-electron chi connectivity index (χ0n) is 11.0. The zero-order chi connectivity index (χ0) is 13.7. The van der Waals surface area contributed by atoms with Crippen LogP contribution in [-0.2, 0) is 13.1 Å². The number of hydrogen-bond acceptors (Lipinski definition) is 2. The van der Waals surface area contributed by atoms with E-state index in [0.29, 0.717) is 16.6 Å². The van der Waals surface area contributed by atoms with Gasteiger partial charge in [-0.05, 0) is 23.8 Å². The Bertz CT molecular complexity index is 561. The van der Waals surface area contributed by atoms with E-state index < -0.39 is 0 Å². The molecule has 2 nitrogen and oxygen atoms in total. The number of ether oxygens (including phenoxy) is 1. The third kappa shape index (κ3) is 4.57. The summed E-state index contributed by atoms with van der Waals surface area (Å²) in [5.41, 5.74) is 2.15. The second-order valence-electron chi connectivity index (χ2n) is 4.15. The molecule has 0 heterocycles. The van der Waals surface area contributed by atoms with Crippen LogP contribution in [-0.4, -0.2) is 7.11 Å². The molecule has 2 aromatic rings. The van der Waals surface area contributed by atoms with Gasteiger partial charge in [0, 0.05) is 28.7 Å². The topological polar surface area (TPSA) is 21.3 Å². The predicted octanol–water partition coefficient (Wildman–Crippen LogP) is 4.71. The first-order valence-corrected chi connectivity index (χ1v) is 6.73.